The number of nitrogens with zero attached hydrogens (tertiary/aromatic N) is 3. The first-order valence-corrected chi connectivity index (χ1v) is 9.80. The van der Waals surface area contributed by atoms with Gasteiger partial charge in [-0.3, -0.25) is 19.8 Å². The highest BCUT2D eigenvalue weighted by Gasteiger charge is 2.29. The van der Waals surface area contributed by atoms with Crippen molar-refractivity contribution in [3.05, 3.63) is 69.9 Å². The number of anilines is 1. The van der Waals surface area contributed by atoms with Gasteiger partial charge in [0.25, 0.3) is 5.69 Å². The molecule has 2 aromatic carbocycles. The van der Waals surface area contributed by atoms with Crippen LogP contribution in [0.5, 0.6) is 0 Å². The molecule has 2 heterocycles. The number of nitro groups is 1. The van der Waals surface area contributed by atoms with E-state index in [1.54, 1.807) is 12.1 Å². The van der Waals surface area contributed by atoms with Gasteiger partial charge in [0.05, 0.1) is 11.0 Å². The number of piperazine rings is 1. The van der Waals surface area contributed by atoms with Crippen molar-refractivity contribution < 1.29 is 9.72 Å². The van der Waals surface area contributed by atoms with Crippen molar-refractivity contribution in [3.8, 4) is 0 Å². The summed E-state index contributed by atoms with van der Waals surface area (Å²) in [6, 6.07) is 14.4. The standard InChI is InChI=1S/C22H24N4O3/c1-15-21(19-5-3-4-6-20(19)23-15)22(27)16(2)24-11-13-25(14-12-24)17-7-9-18(10-8-17)26(28)29/h3-10,16,23H,11-14H2,1-2H3/t16-/m1/s1. The zero-order valence-electron chi connectivity index (χ0n) is 16.6. The van der Waals surface area contributed by atoms with Gasteiger partial charge in [-0.2, -0.15) is 0 Å². The van der Waals surface area contributed by atoms with Gasteiger partial charge < -0.3 is 9.88 Å². The molecule has 0 bridgehead atoms. The van der Waals surface area contributed by atoms with E-state index in [-0.39, 0.29) is 22.4 Å². The Balaban J connectivity index is 1.44. The van der Waals surface area contributed by atoms with Gasteiger partial charge >= 0.3 is 0 Å². The molecule has 1 saturated heterocycles. The zero-order valence-corrected chi connectivity index (χ0v) is 16.6. The summed E-state index contributed by atoms with van der Waals surface area (Å²) in [4.78, 5) is 31.4. The molecule has 1 fully saturated rings. The number of para-hydroxylation sites is 1. The van der Waals surface area contributed by atoms with Crippen LogP contribution < -0.4 is 4.90 Å². The van der Waals surface area contributed by atoms with Crippen LogP contribution in [0.1, 0.15) is 23.0 Å². The number of H-pyrrole nitrogens is 1. The minimum atomic E-state index is -0.387. The second kappa shape index (κ2) is 7.67. The fourth-order valence-corrected chi connectivity index (χ4v) is 4.12. The Morgan fingerprint density at radius 3 is 2.38 bits per heavy atom. The average Bonchev–Trinajstić information content (AvgIpc) is 3.08. The highest BCUT2D eigenvalue weighted by atomic mass is 16.6. The van der Waals surface area contributed by atoms with E-state index in [0.717, 1.165) is 54.0 Å². The maximum atomic E-state index is 13.3. The van der Waals surface area contributed by atoms with Crippen LogP contribution in [0.3, 0.4) is 0 Å². The number of nitro benzene ring substituents is 1. The van der Waals surface area contributed by atoms with Crippen LogP contribution in [0.2, 0.25) is 0 Å². The van der Waals surface area contributed by atoms with E-state index in [0.29, 0.717) is 0 Å². The molecule has 3 aromatic rings. The minimum Gasteiger partial charge on any atom is -0.369 e. The summed E-state index contributed by atoms with van der Waals surface area (Å²) in [5.41, 5.74) is 3.75. The number of aromatic nitrogens is 1. The van der Waals surface area contributed by atoms with E-state index < -0.39 is 0 Å². The topological polar surface area (TPSA) is 82.5 Å². The normalized spacial score (nSPS) is 16.1. The predicted molar refractivity (Wildman–Crippen MR) is 114 cm³/mol. The SMILES string of the molecule is Cc1[nH]c2ccccc2c1C(=O)[C@@H](C)N1CCN(c2ccc([N+](=O)[O-])cc2)CC1. The highest BCUT2D eigenvalue weighted by Crippen LogP contribution is 2.26. The van der Waals surface area contributed by atoms with Gasteiger partial charge in [-0.25, -0.2) is 0 Å². The number of fused-ring (bicyclic) bond motifs is 1. The monoisotopic (exact) mass is 392 g/mol. The molecule has 7 heteroatoms. The van der Waals surface area contributed by atoms with E-state index in [9.17, 15) is 14.9 Å². The second-order valence-corrected chi connectivity index (χ2v) is 7.51. The Morgan fingerprint density at radius 2 is 1.72 bits per heavy atom. The number of aryl methyl sites for hydroxylation is 1. The maximum Gasteiger partial charge on any atom is 0.269 e. The number of rotatable bonds is 5. The number of aromatic amines is 1. The molecule has 0 radical (unpaired) electrons. The van der Waals surface area contributed by atoms with Crippen LogP contribution >= 0.6 is 0 Å². The Hall–Kier alpha value is -3.19. The first-order chi connectivity index (χ1) is 14.0. The summed E-state index contributed by atoms with van der Waals surface area (Å²) >= 11 is 0. The van der Waals surface area contributed by atoms with Crippen LogP contribution in [0.15, 0.2) is 48.5 Å². The maximum absolute atomic E-state index is 13.3. The molecule has 1 aliphatic heterocycles. The molecular formula is C22H24N4O3. The van der Waals surface area contributed by atoms with E-state index >= 15 is 0 Å². The third-order valence-electron chi connectivity index (χ3n) is 5.81. The smallest absolute Gasteiger partial charge is 0.269 e. The van der Waals surface area contributed by atoms with Crippen LogP contribution in [-0.4, -0.2) is 52.8 Å². The third-order valence-corrected chi connectivity index (χ3v) is 5.81. The lowest BCUT2D eigenvalue weighted by Crippen LogP contribution is -2.51. The molecule has 7 nitrogen and oxygen atoms in total. The van der Waals surface area contributed by atoms with Crippen molar-refractivity contribution in [1.29, 1.82) is 0 Å². The first kappa shape index (κ1) is 19.1. The molecule has 1 atom stereocenters. The molecule has 1 N–H and O–H groups in total. The number of carbonyl (C=O) groups is 1. The van der Waals surface area contributed by atoms with Crippen LogP contribution in [0, 0.1) is 17.0 Å². The van der Waals surface area contributed by atoms with Gasteiger partial charge in [0, 0.05) is 66.2 Å². The Morgan fingerprint density at radius 1 is 1.07 bits per heavy atom. The van der Waals surface area contributed by atoms with Crippen molar-refractivity contribution in [3.63, 3.8) is 0 Å². The van der Waals surface area contributed by atoms with Gasteiger partial charge in [-0.15, -0.1) is 0 Å². The lowest BCUT2D eigenvalue weighted by atomic mass is 10.0. The number of non-ortho nitro benzene ring substituents is 1. The number of carbonyl (C=O) groups excluding carboxylic acids is 1. The first-order valence-electron chi connectivity index (χ1n) is 9.80. The van der Waals surface area contributed by atoms with E-state index in [4.69, 9.17) is 0 Å². The van der Waals surface area contributed by atoms with Gasteiger partial charge in [-0.05, 0) is 32.0 Å². The number of nitrogens with one attached hydrogen (secondary N) is 1. The number of ketones is 1. The van der Waals surface area contributed by atoms with Gasteiger partial charge in [0.1, 0.15) is 0 Å². The summed E-state index contributed by atoms with van der Waals surface area (Å²) in [7, 11) is 0. The van der Waals surface area contributed by atoms with Crippen LogP contribution in [-0.2, 0) is 0 Å². The highest BCUT2D eigenvalue weighted by molar-refractivity contribution is 6.11. The molecule has 0 saturated carbocycles. The van der Waals surface area contributed by atoms with Crippen molar-refractivity contribution in [2.45, 2.75) is 19.9 Å². The van der Waals surface area contributed by atoms with Crippen LogP contribution in [0.25, 0.3) is 10.9 Å². The Kier molecular flexibility index (Phi) is 5.07. The van der Waals surface area contributed by atoms with Gasteiger partial charge in [0.2, 0.25) is 0 Å². The fourth-order valence-electron chi connectivity index (χ4n) is 4.12. The van der Waals surface area contributed by atoms with Gasteiger partial charge in [0.15, 0.2) is 5.78 Å². The summed E-state index contributed by atoms with van der Waals surface area (Å²) in [5.74, 6) is 0.142. The summed E-state index contributed by atoms with van der Waals surface area (Å²) < 4.78 is 0. The average molecular weight is 392 g/mol. The number of benzene rings is 2. The summed E-state index contributed by atoms with van der Waals surface area (Å²) in [6.07, 6.45) is 0. The van der Waals surface area contributed by atoms with E-state index in [2.05, 4.69) is 14.8 Å². The molecule has 150 valence electrons. The van der Waals surface area contributed by atoms with Crippen molar-refractivity contribution in [1.82, 2.24) is 9.88 Å². The fraction of sp³-hybridized carbons (Fsp3) is 0.318. The molecule has 1 aliphatic rings. The molecule has 0 aliphatic carbocycles. The molecule has 0 spiro atoms. The van der Waals surface area contributed by atoms with Crippen molar-refractivity contribution in [2.75, 3.05) is 31.1 Å². The third kappa shape index (κ3) is 3.61. The minimum absolute atomic E-state index is 0.0979. The molecule has 0 amide bonds. The largest absolute Gasteiger partial charge is 0.369 e. The van der Waals surface area contributed by atoms with Gasteiger partial charge in [-0.1, -0.05) is 18.2 Å². The Bertz CT molecular complexity index is 1050. The number of hydrogen-bond donors (Lipinski definition) is 1. The van der Waals surface area contributed by atoms with E-state index in [1.807, 2.05) is 38.1 Å². The molecule has 1 aromatic heterocycles. The predicted octanol–water partition coefficient (Wildman–Crippen LogP) is 3.78. The quantitative estimate of drug-likeness (QED) is 0.406. The number of Topliss-reactive ketones (excluding diaryl/α,β-unsaturated/α-hetero) is 1. The molecule has 29 heavy (non-hydrogen) atoms. The number of hydrogen-bond acceptors (Lipinski definition) is 5. The van der Waals surface area contributed by atoms with Crippen molar-refractivity contribution >= 4 is 28.1 Å². The Labute approximate surface area is 169 Å². The summed E-state index contributed by atoms with van der Waals surface area (Å²) in [6.45, 7) is 7.03. The summed E-state index contributed by atoms with van der Waals surface area (Å²) in [5, 5.41) is 11.8. The van der Waals surface area contributed by atoms with Crippen molar-refractivity contribution in [2.24, 2.45) is 0 Å². The zero-order chi connectivity index (χ0) is 20.5. The van der Waals surface area contributed by atoms with Crippen LogP contribution in [0.4, 0.5) is 11.4 Å². The molecule has 0 unspecified atom stereocenters. The molecular weight excluding hydrogens is 368 g/mol. The lowest BCUT2D eigenvalue weighted by Gasteiger charge is -2.38. The lowest BCUT2D eigenvalue weighted by molar-refractivity contribution is -0.384. The van der Waals surface area contributed by atoms with E-state index in [1.165, 1.54) is 12.1 Å². The molecule has 4 rings (SSSR count). The second-order valence-electron chi connectivity index (χ2n) is 7.51.